The predicted molar refractivity (Wildman–Crippen MR) is 65.4 cm³/mol. The Morgan fingerprint density at radius 1 is 1.44 bits per heavy atom. The van der Waals surface area contributed by atoms with Gasteiger partial charge in [-0.3, -0.25) is 4.79 Å². The van der Waals surface area contributed by atoms with Gasteiger partial charge in [-0.05, 0) is 18.2 Å². The summed E-state index contributed by atoms with van der Waals surface area (Å²) in [5, 5.41) is 2.68. The number of imidazole rings is 1. The molecule has 3 N–H and O–H groups in total. The quantitative estimate of drug-likeness (QED) is 0.794. The van der Waals surface area contributed by atoms with E-state index in [1.165, 1.54) is 12.1 Å². The van der Waals surface area contributed by atoms with Gasteiger partial charge in [-0.25, -0.2) is 9.37 Å². The van der Waals surface area contributed by atoms with Gasteiger partial charge in [0.15, 0.2) is 0 Å². The minimum Gasteiger partial charge on any atom is -0.399 e. The molecule has 18 heavy (non-hydrogen) atoms. The molecule has 0 spiro atoms. The summed E-state index contributed by atoms with van der Waals surface area (Å²) in [6, 6.07) is 3.76. The second-order valence-corrected chi connectivity index (χ2v) is 3.83. The van der Waals surface area contributed by atoms with Crippen molar-refractivity contribution < 1.29 is 9.18 Å². The van der Waals surface area contributed by atoms with E-state index in [2.05, 4.69) is 10.3 Å². The van der Waals surface area contributed by atoms with Crippen LogP contribution in [0.4, 0.5) is 10.1 Å². The summed E-state index contributed by atoms with van der Waals surface area (Å²) in [5.74, 6) is -0.865. The maximum absolute atomic E-state index is 13.1. The molecule has 94 valence electrons. The number of carbonyl (C=O) groups is 1. The van der Waals surface area contributed by atoms with Crippen LogP contribution in [0.15, 0.2) is 36.9 Å². The van der Waals surface area contributed by atoms with Gasteiger partial charge in [0.1, 0.15) is 5.82 Å². The van der Waals surface area contributed by atoms with Crippen molar-refractivity contribution in [3.63, 3.8) is 0 Å². The van der Waals surface area contributed by atoms with Crippen LogP contribution >= 0.6 is 0 Å². The van der Waals surface area contributed by atoms with Crippen LogP contribution in [-0.2, 0) is 6.54 Å². The van der Waals surface area contributed by atoms with Crippen molar-refractivity contribution in [2.45, 2.75) is 6.54 Å². The van der Waals surface area contributed by atoms with Crippen LogP contribution in [0.1, 0.15) is 10.4 Å². The highest BCUT2D eigenvalue weighted by Crippen LogP contribution is 2.10. The zero-order valence-electron chi connectivity index (χ0n) is 9.64. The summed E-state index contributed by atoms with van der Waals surface area (Å²) < 4.78 is 14.9. The number of carbonyl (C=O) groups excluding carboxylic acids is 1. The van der Waals surface area contributed by atoms with E-state index in [1.54, 1.807) is 18.7 Å². The molecule has 0 aliphatic rings. The maximum Gasteiger partial charge on any atom is 0.251 e. The third-order valence-electron chi connectivity index (χ3n) is 2.40. The molecule has 0 atom stereocenters. The largest absolute Gasteiger partial charge is 0.399 e. The molecule has 1 aromatic carbocycles. The normalized spacial score (nSPS) is 10.3. The highest BCUT2D eigenvalue weighted by Gasteiger charge is 2.07. The average Bonchev–Trinajstić information content (AvgIpc) is 2.80. The van der Waals surface area contributed by atoms with Crippen molar-refractivity contribution in [1.82, 2.24) is 14.9 Å². The first-order chi connectivity index (χ1) is 8.65. The second kappa shape index (κ2) is 5.31. The van der Waals surface area contributed by atoms with E-state index in [1.807, 2.05) is 4.57 Å². The fourth-order valence-electron chi connectivity index (χ4n) is 1.56. The van der Waals surface area contributed by atoms with Gasteiger partial charge in [-0.1, -0.05) is 0 Å². The number of hydrogen-bond acceptors (Lipinski definition) is 3. The summed E-state index contributed by atoms with van der Waals surface area (Å²) in [4.78, 5) is 15.6. The van der Waals surface area contributed by atoms with Crippen molar-refractivity contribution in [2.75, 3.05) is 12.3 Å². The van der Waals surface area contributed by atoms with Crippen molar-refractivity contribution in [1.29, 1.82) is 0 Å². The van der Waals surface area contributed by atoms with Gasteiger partial charge in [-0.2, -0.15) is 0 Å². The Balaban J connectivity index is 1.91. The molecule has 0 aliphatic carbocycles. The lowest BCUT2D eigenvalue weighted by molar-refractivity contribution is 0.0952. The predicted octanol–water partition coefficient (Wildman–Crippen LogP) is 1.03. The van der Waals surface area contributed by atoms with Crippen LogP contribution in [0, 0.1) is 5.82 Å². The minimum atomic E-state index is -0.519. The molecule has 2 aromatic rings. The van der Waals surface area contributed by atoms with E-state index >= 15 is 0 Å². The molecule has 0 saturated heterocycles. The smallest absolute Gasteiger partial charge is 0.251 e. The van der Waals surface area contributed by atoms with Crippen LogP contribution in [0.25, 0.3) is 0 Å². The Labute approximate surface area is 103 Å². The molecule has 1 amide bonds. The molecule has 1 heterocycles. The number of nitrogen functional groups attached to an aromatic ring is 1. The Morgan fingerprint density at radius 3 is 2.94 bits per heavy atom. The Morgan fingerprint density at radius 2 is 2.28 bits per heavy atom. The molecule has 2 rings (SSSR count). The molecule has 6 heteroatoms. The minimum absolute atomic E-state index is 0.220. The maximum atomic E-state index is 13.1. The lowest BCUT2D eigenvalue weighted by atomic mass is 10.2. The van der Waals surface area contributed by atoms with Crippen LogP contribution < -0.4 is 11.1 Å². The molecular weight excluding hydrogens is 235 g/mol. The van der Waals surface area contributed by atoms with Crippen LogP contribution in [-0.4, -0.2) is 22.0 Å². The standard InChI is InChI=1S/C12H13FN4O/c13-10-5-9(6-11(14)7-10)12(18)16-2-4-17-3-1-15-8-17/h1,3,5-8H,2,4,14H2,(H,16,18). The van der Waals surface area contributed by atoms with E-state index in [-0.39, 0.29) is 17.2 Å². The molecule has 5 nitrogen and oxygen atoms in total. The third-order valence-corrected chi connectivity index (χ3v) is 2.40. The SMILES string of the molecule is Nc1cc(F)cc(C(=O)NCCn2ccnc2)c1. The van der Waals surface area contributed by atoms with E-state index in [0.717, 1.165) is 6.07 Å². The van der Waals surface area contributed by atoms with Crippen molar-refractivity contribution in [2.24, 2.45) is 0 Å². The number of nitrogens with one attached hydrogen (secondary N) is 1. The second-order valence-electron chi connectivity index (χ2n) is 3.83. The summed E-state index contributed by atoms with van der Waals surface area (Å²) in [6.07, 6.45) is 5.12. The summed E-state index contributed by atoms with van der Waals surface area (Å²) in [6.45, 7) is 1.04. The number of rotatable bonds is 4. The van der Waals surface area contributed by atoms with Crippen LogP contribution in [0.3, 0.4) is 0 Å². The van der Waals surface area contributed by atoms with Gasteiger partial charge in [-0.15, -0.1) is 0 Å². The van der Waals surface area contributed by atoms with E-state index in [4.69, 9.17) is 5.73 Å². The van der Waals surface area contributed by atoms with Crippen LogP contribution in [0.5, 0.6) is 0 Å². The highest BCUT2D eigenvalue weighted by atomic mass is 19.1. The molecular formula is C12H13FN4O. The fraction of sp³-hybridized carbons (Fsp3) is 0.167. The average molecular weight is 248 g/mol. The van der Waals surface area contributed by atoms with Gasteiger partial charge in [0, 0.05) is 36.7 Å². The first-order valence-corrected chi connectivity index (χ1v) is 5.45. The zero-order valence-corrected chi connectivity index (χ0v) is 9.64. The van der Waals surface area contributed by atoms with E-state index in [0.29, 0.717) is 13.1 Å². The number of nitrogens with zero attached hydrogens (tertiary/aromatic N) is 2. The zero-order chi connectivity index (χ0) is 13.0. The molecule has 0 radical (unpaired) electrons. The molecule has 0 unspecified atom stereocenters. The molecule has 0 bridgehead atoms. The van der Waals surface area contributed by atoms with Crippen LogP contribution in [0.2, 0.25) is 0 Å². The molecule has 0 aliphatic heterocycles. The molecule has 0 fully saturated rings. The highest BCUT2D eigenvalue weighted by molar-refractivity contribution is 5.95. The molecule has 0 saturated carbocycles. The van der Waals surface area contributed by atoms with E-state index < -0.39 is 5.82 Å². The van der Waals surface area contributed by atoms with Crippen molar-refractivity contribution in [3.8, 4) is 0 Å². The topological polar surface area (TPSA) is 72.9 Å². The van der Waals surface area contributed by atoms with Gasteiger partial charge in [0.05, 0.1) is 6.33 Å². The first kappa shape index (κ1) is 12.1. The number of aromatic nitrogens is 2. The first-order valence-electron chi connectivity index (χ1n) is 5.45. The van der Waals surface area contributed by atoms with Gasteiger partial charge < -0.3 is 15.6 Å². The Kier molecular flexibility index (Phi) is 3.57. The Hall–Kier alpha value is -2.37. The lowest BCUT2D eigenvalue weighted by Gasteiger charge is -2.06. The monoisotopic (exact) mass is 248 g/mol. The van der Waals surface area contributed by atoms with E-state index in [9.17, 15) is 9.18 Å². The Bertz CT molecular complexity index is 519. The number of halogens is 1. The summed E-state index contributed by atoms with van der Waals surface area (Å²) >= 11 is 0. The number of amides is 1. The number of nitrogens with two attached hydrogens (primary N) is 1. The van der Waals surface area contributed by atoms with Gasteiger partial charge in [0.25, 0.3) is 5.91 Å². The van der Waals surface area contributed by atoms with Gasteiger partial charge in [0.2, 0.25) is 0 Å². The fourth-order valence-corrected chi connectivity index (χ4v) is 1.56. The molecule has 1 aromatic heterocycles. The number of anilines is 1. The third kappa shape index (κ3) is 3.07. The summed E-state index contributed by atoms with van der Waals surface area (Å²) in [5.41, 5.74) is 5.92. The van der Waals surface area contributed by atoms with Gasteiger partial charge >= 0.3 is 0 Å². The lowest BCUT2D eigenvalue weighted by Crippen LogP contribution is -2.27. The van der Waals surface area contributed by atoms with Crippen molar-refractivity contribution in [3.05, 3.63) is 48.3 Å². The number of hydrogen-bond donors (Lipinski definition) is 2. The number of benzene rings is 1. The summed E-state index contributed by atoms with van der Waals surface area (Å²) in [7, 11) is 0. The van der Waals surface area contributed by atoms with Crippen molar-refractivity contribution >= 4 is 11.6 Å².